The number of hydrogen-bond acceptors (Lipinski definition) is 6. The van der Waals surface area contributed by atoms with E-state index in [4.69, 9.17) is 10.2 Å². The fourth-order valence-corrected chi connectivity index (χ4v) is 2.08. The Morgan fingerprint density at radius 3 is 3.00 bits per heavy atom. The van der Waals surface area contributed by atoms with Crippen molar-refractivity contribution in [2.75, 3.05) is 5.73 Å². The molecule has 0 amide bonds. The monoisotopic (exact) mass is 244 g/mol. The summed E-state index contributed by atoms with van der Waals surface area (Å²) < 4.78 is 5.56. The summed E-state index contributed by atoms with van der Waals surface area (Å²) in [5.74, 6) is 0. The third kappa shape index (κ3) is 2.07. The minimum atomic E-state index is 0.533. The van der Waals surface area contributed by atoms with Crippen LogP contribution in [-0.4, -0.2) is 15.0 Å². The smallest absolute Gasteiger partial charge is 0.263 e. The van der Waals surface area contributed by atoms with E-state index < -0.39 is 0 Å². The highest BCUT2D eigenvalue weighted by atomic mass is 32.2. The first-order valence-corrected chi connectivity index (χ1v) is 5.73. The summed E-state index contributed by atoms with van der Waals surface area (Å²) >= 11 is 1.33. The van der Waals surface area contributed by atoms with Crippen molar-refractivity contribution < 1.29 is 4.42 Å². The summed E-state index contributed by atoms with van der Waals surface area (Å²) in [7, 11) is 0. The Bertz CT molecular complexity index is 653. The second kappa shape index (κ2) is 4.06. The summed E-state index contributed by atoms with van der Waals surface area (Å²) in [6, 6.07) is 5.36. The Morgan fingerprint density at radius 1 is 1.24 bits per heavy atom. The molecule has 17 heavy (non-hydrogen) atoms. The van der Waals surface area contributed by atoms with Gasteiger partial charge >= 0.3 is 0 Å². The molecule has 5 nitrogen and oxygen atoms in total. The fraction of sp³-hybridized carbons (Fsp3) is 0. The maximum atomic E-state index is 5.67. The van der Waals surface area contributed by atoms with Crippen molar-refractivity contribution in [1.82, 2.24) is 15.0 Å². The number of oxazole rings is 1. The molecule has 0 fully saturated rings. The van der Waals surface area contributed by atoms with E-state index in [2.05, 4.69) is 15.0 Å². The molecule has 84 valence electrons. The fourth-order valence-electron chi connectivity index (χ4n) is 1.39. The first-order valence-electron chi connectivity index (χ1n) is 4.91. The van der Waals surface area contributed by atoms with Crippen molar-refractivity contribution in [2.24, 2.45) is 0 Å². The van der Waals surface area contributed by atoms with E-state index in [1.54, 1.807) is 36.8 Å². The van der Waals surface area contributed by atoms with Crippen molar-refractivity contribution in [2.45, 2.75) is 10.2 Å². The number of anilines is 1. The molecule has 0 atom stereocenters. The average molecular weight is 244 g/mol. The molecule has 0 aliphatic heterocycles. The molecule has 0 spiro atoms. The molecule has 0 radical (unpaired) electrons. The van der Waals surface area contributed by atoms with Gasteiger partial charge in [0.25, 0.3) is 5.22 Å². The zero-order valence-electron chi connectivity index (χ0n) is 8.70. The SMILES string of the molecule is Nc1ccc2oc(Sc3cnccn3)nc2c1. The van der Waals surface area contributed by atoms with Gasteiger partial charge in [0.05, 0.1) is 6.20 Å². The van der Waals surface area contributed by atoms with Crippen LogP contribution in [0, 0.1) is 0 Å². The lowest BCUT2D eigenvalue weighted by Gasteiger charge is -1.92. The molecule has 2 heterocycles. The molecule has 3 aromatic rings. The Labute approximate surface area is 101 Å². The largest absolute Gasteiger partial charge is 0.431 e. The van der Waals surface area contributed by atoms with Crippen molar-refractivity contribution in [1.29, 1.82) is 0 Å². The topological polar surface area (TPSA) is 77.8 Å². The van der Waals surface area contributed by atoms with Crippen molar-refractivity contribution in [3.05, 3.63) is 36.8 Å². The van der Waals surface area contributed by atoms with Crippen molar-refractivity contribution >= 4 is 28.5 Å². The van der Waals surface area contributed by atoms with Crippen LogP contribution in [0.5, 0.6) is 0 Å². The van der Waals surface area contributed by atoms with Gasteiger partial charge in [0.15, 0.2) is 5.58 Å². The highest BCUT2D eigenvalue weighted by molar-refractivity contribution is 7.99. The number of aromatic nitrogens is 3. The summed E-state index contributed by atoms with van der Waals surface area (Å²) in [6.07, 6.45) is 4.91. The molecule has 0 bridgehead atoms. The molecule has 2 aromatic heterocycles. The van der Waals surface area contributed by atoms with Crippen LogP contribution in [0.4, 0.5) is 5.69 Å². The van der Waals surface area contributed by atoms with Crippen LogP contribution >= 0.6 is 11.8 Å². The minimum absolute atomic E-state index is 0.533. The van der Waals surface area contributed by atoms with Gasteiger partial charge in [-0.25, -0.2) is 9.97 Å². The van der Waals surface area contributed by atoms with Crippen LogP contribution in [0.2, 0.25) is 0 Å². The summed E-state index contributed by atoms with van der Waals surface area (Å²) in [5, 5.41) is 1.28. The number of hydrogen-bond donors (Lipinski definition) is 1. The van der Waals surface area contributed by atoms with E-state index in [0.29, 0.717) is 16.5 Å². The standard InChI is InChI=1S/C11H8N4OS/c12-7-1-2-9-8(5-7)15-11(16-9)17-10-6-13-3-4-14-10/h1-6H,12H2. The minimum Gasteiger partial charge on any atom is -0.431 e. The number of rotatable bonds is 2. The molecule has 2 N–H and O–H groups in total. The quantitative estimate of drug-likeness (QED) is 0.697. The van der Waals surface area contributed by atoms with Crippen LogP contribution in [0.25, 0.3) is 11.1 Å². The predicted octanol–water partition coefficient (Wildman–Crippen LogP) is 2.35. The molecule has 0 unspecified atom stereocenters. The lowest BCUT2D eigenvalue weighted by atomic mass is 10.3. The third-order valence-corrected chi connectivity index (χ3v) is 2.89. The second-order valence-corrected chi connectivity index (χ2v) is 4.32. The highest BCUT2D eigenvalue weighted by Gasteiger charge is 2.08. The van der Waals surface area contributed by atoms with Crippen LogP contribution < -0.4 is 5.73 Å². The average Bonchev–Trinajstić information content (AvgIpc) is 2.71. The number of fused-ring (bicyclic) bond motifs is 1. The van der Waals surface area contributed by atoms with Gasteiger partial charge in [-0.15, -0.1) is 0 Å². The highest BCUT2D eigenvalue weighted by Crippen LogP contribution is 2.28. The first-order chi connectivity index (χ1) is 8.31. The third-order valence-electron chi connectivity index (χ3n) is 2.12. The maximum Gasteiger partial charge on any atom is 0.263 e. The molecular weight excluding hydrogens is 236 g/mol. The van der Waals surface area contributed by atoms with E-state index >= 15 is 0 Å². The van der Waals surface area contributed by atoms with Crippen LogP contribution in [0.3, 0.4) is 0 Å². The predicted molar refractivity (Wildman–Crippen MR) is 64.6 cm³/mol. The van der Waals surface area contributed by atoms with E-state index in [1.807, 2.05) is 0 Å². The molecule has 0 aliphatic carbocycles. The number of nitrogen functional groups attached to an aromatic ring is 1. The van der Waals surface area contributed by atoms with E-state index in [0.717, 1.165) is 10.5 Å². The van der Waals surface area contributed by atoms with Gasteiger partial charge in [0.2, 0.25) is 0 Å². The summed E-state index contributed by atoms with van der Waals surface area (Å²) in [5.41, 5.74) is 7.80. The van der Waals surface area contributed by atoms with Crippen molar-refractivity contribution in [3.8, 4) is 0 Å². The van der Waals surface area contributed by atoms with Gasteiger partial charge in [0, 0.05) is 18.1 Å². The molecular formula is C11H8N4OS. The number of benzene rings is 1. The van der Waals surface area contributed by atoms with Crippen LogP contribution in [0.1, 0.15) is 0 Å². The van der Waals surface area contributed by atoms with Gasteiger partial charge in [-0.1, -0.05) is 0 Å². The molecule has 0 saturated carbocycles. The Balaban J connectivity index is 1.96. The lowest BCUT2D eigenvalue weighted by molar-refractivity contribution is 0.489. The van der Waals surface area contributed by atoms with Gasteiger partial charge in [-0.2, -0.15) is 0 Å². The van der Waals surface area contributed by atoms with E-state index in [1.165, 1.54) is 11.8 Å². The number of nitrogens with zero attached hydrogens (tertiary/aromatic N) is 3. The van der Waals surface area contributed by atoms with Crippen LogP contribution in [-0.2, 0) is 0 Å². The molecule has 0 saturated heterocycles. The zero-order chi connectivity index (χ0) is 11.7. The zero-order valence-corrected chi connectivity index (χ0v) is 9.52. The van der Waals surface area contributed by atoms with Gasteiger partial charge in [-0.3, -0.25) is 4.98 Å². The molecule has 3 rings (SSSR count). The summed E-state index contributed by atoms with van der Waals surface area (Å²) in [4.78, 5) is 12.4. The molecule has 0 aliphatic rings. The molecule has 6 heteroatoms. The van der Waals surface area contributed by atoms with Gasteiger partial charge in [-0.05, 0) is 30.0 Å². The Morgan fingerprint density at radius 2 is 2.18 bits per heavy atom. The number of nitrogens with two attached hydrogens (primary N) is 1. The summed E-state index contributed by atoms with van der Waals surface area (Å²) in [6.45, 7) is 0. The van der Waals surface area contributed by atoms with Gasteiger partial charge < -0.3 is 10.2 Å². The van der Waals surface area contributed by atoms with Gasteiger partial charge in [0.1, 0.15) is 10.5 Å². The Kier molecular flexibility index (Phi) is 2.41. The second-order valence-electron chi connectivity index (χ2n) is 3.35. The van der Waals surface area contributed by atoms with E-state index in [9.17, 15) is 0 Å². The molecule has 1 aromatic carbocycles. The van der Waals surface area contributed by atoms with Crippen molar-refractivity contribution in [3.63, 3.8) is 0 Å². The maximum absolute atomic E-state index is 5.67. The van der Waals surface area contributed by atoms with E-state index in [-0.39, 0.29) is 0 Å². The first kappa shape index (κ1) is 10.1. The van der Waals surface area contributed by atoms with Crippen LogP contribution in [0.15, 0.2) is 51.5 Å². The Hall–Kier alpha value is -2.08. The lowest BCUT2D eigenvalue weighted by Crippen LogP contribution is -1.82. The normalized spacial score (nSPS) is 10.8.